The second-order valence-corrected chi connectivity index (χ2v) is 5.00. The SMILES string of the molecule is Oc1c(Cl)cccc1CNc1ccccc1-n1ccnc1. The standard InChI is InChI=1S/C16H14ClN3O/c17-13-5-3-4-12(16(13)21)10-19-14-6-1-2-7-15(14)20-9-8-18-11-20/h1-9,11,19,21H,10H2. The van der Waals surface area contributed by atoms with E-state index in [9.17, 15) is 5.11 Å². The summed E-state index contributed by atoms with van der Waals surface area (Å²) in [5, 5.41) is 13.6. The van der Waals surface area contributed by atoms with Crippen LogP contribution >= 0.6 is 11.6 Å². The van der Waals surface area contributed by atoms with Crippen molar-refractivity contribution in [3.63, 3.8) is 0 Å². The van der Waals surface area contributed by atoms with Gasteiger partial charge in [0, 0.05) is 24.5 Å². The van der Waals surface area contributed by atoms with Crippen LogP contribution < -0.4 is 5.32 Å². The van der Waals surface area contributed by atoms with E-state index in [-0.39, 0.29) is 5.75 Å². The number of para-hydroxylation sites is 3. The molecule has 0 spiro atoms. The van der Waals surface area contributed by atoms with Gasteiger partial charge in [-0.1, -0.05) is 35.9 Å². The van der Waals surface area contributed by atoms with E-state index in [2.05, 4.69) is 10.3 Å². The Morgan fingerprint density at radius 1 is 1.14 bits per heavy atom. The quantitative estimate of drug-likeness (QED) is 0.769. The Bertz CT molecular complexity index is 741. The molecule has 4 nitrogen and oxygen atoms in total. The molecule has 0 aliphatic rings. The van der Waals surface area contributed by atoms with Gasteiger partial charge in [-0.05, 0) is 18.2 Å². The van der Waals surface area contributed by atoms with Crippen molar-refractivity contribution in [3.05, 3.63) is 71.8 Å². The molecule has 2 N–H and O–H groups in total. The Morgan fingerprint density at radius 2 is 2.00 bits per heavy atom. The number of nitrogens with zero attached hydrogens (tertiary/aromatic N) is 2. The molecule has 0 amide bonds. The van der Waals surface area contributed by atoms with Gasteiger partial charge >= 0.3 is 0 Å². The first-order valence-electron chi connectivity index (χ1n) is 6.53. The second kappa shape index (κ2) is 5.89. The topological polar surface area (TPSA) is 50.1 Å². The number of hydrogen-bond donors (Lipinski definition) is 2. The molecule has 0 saturated heterocycles. The molecule has 5 heteroatoms. The zero-order chi connectivity index (χ0) is 14.7. The molecular formula is C16H14ClN3O. The fraction of sp³-hybridized carbons (Fsp3) is 0.0625. The minimum atomic E-state index is 0.117. The fourth-order valence-corrected chi connectivity index (χ4v) is 2.34. The van der Waals surface area contributed by atoms with Gasteiger partial charge in [-0.25, -0.2) is 4.98 Å². The average Bonchev–Trinajstić information content (AvgIpc) is 3.03. The molecule has 0 aliphatic heterocycles. The van der Waals surface area contributed by atoms with Crippen LogP contribution in [0, 0.1) is 0 Å². The van der Waals surface area contributed by atoms with E-state index in [1.165, 1.54) is 0 Å². The van der Waals surface area contributed by atoms with E-state index < -0.39 is 0 Å². The van der Waals surface area contributed by atoms with Crippen molar-refractivity contribution in [2.45, 2.75) is 6.54 Å². The number of imidazole rings is 1. The summed E-state index contributed by atoms with van der Waals surface area (Å²) in [5.74, 6) is 0.117. The summed E-state index contributed by atoms with van der Waals surface area (Å²) in [7, 11) is 0. The third-order valence-electron chi connectivity index (χ3n) is 3.23. The van der Waals surface area contributed by atoms with Crippen LogP contribution in [0.15, 0.2) is 61.2 Å². The van der Waals surface area contributed by atoms with Gasteiger partial charge in [-0.3, -0.25) is 0 Å². The van der Waals surface area contributed by atoms with Crippen LogP contribution in [0.1, 0.15) is 5.56 Å². The lowest BCUT2D eigenvalue weighted by molar-refractivity contribution is 0.469. The Labute approximate surface area is 127 Å². The molecule has 0 unspecified atom stereocenters. The van der Waals surface area contributed by atoms with Gasteiger partial charge in [0.15, 0.2) is 0 Å². The van der Waals surface area contributed by atoms with E-state index in [1.54, 1.807) is 18.6 Å². The number of aromatic nitrogens is 2. The first kappa shape index (κ1) is 13.5. The number of hydrogen-bond acceptors (Lipinski definition) is 3. The molecule has 1 heterocycles. The maximum absolute atomic E-state index is 9.94. The number of benzene rings is 2. The lowest BCUT2D eigenvalue weighted by Crippen LogP contribution is -2.03. The molecule has 3 aromatic rings. The highest BCUT2D eigenvalue weighted by atomic mass is 35.5. The van der Waals surface area contributed by atoms with Crippen LogP contribution in [0.2, 0.25) is 5.02 Å². The molecule has 0 radical (unpaired) electrons. The Kier molecular flexibility index (Phi) is 3.79. The molecule has 0 fully saturated rings. The Balaban J connectivity index is 1.85. The van der Waals surface area contributed by atoms with Crippen LogP contribution in [0.5, 0.6) is 5.75 Å². The molecule has 1 aromatic heterocycles. The van der Waals surface area contributed by atoms with E-state index in [4.69, 9.17) is 11.6 Å². The molecule has 3 rings (SSSR count). The third-order valence-corrected chi connectivity index (χ3v) is 3.53. The van der Waals surface area contributed by atoms with E-state index in [0.717, 1.165) is 16.9 Å². The van der Waals surface area contributed by atoms with Crippen molar-refractivity contribution in [3.8, 4) is 11.4 Å². The predicted molar refractivity (Wildman–Crippen MR) is 84.0 cm³/mol. The largest absolute Gasteiger partial charge is 0.506 e. The maximum Gasteiger partial charge on any atom is 0.139 e. The zero-order valence-electron chi connectivity index (χ0n) is 11.2. The number of anilines is 1. The molecule has 0 bridgehead atoms. The van der Waals surface area contributed by atoms with E-state index in [0.29, 0.717) is 11.6 Å². The minimum absolute atomic E-state index is 0.117. The van der Waals surface area contributed by atoms with Crippen LogP contribution in [0.25, 0.3) is 5.69 Å². The summed E-state index contributed by atoms with van der Waals surface area (Å²) in [6.45, 7) is 0.484. The van der Waals surface area contributed by atoms with Crippen molar-refractivity contribution in [1.29, 1.82) is 0 Å². The number of aromatic hydroxyl groups is 1. The Morgan fingerprint density at radius 3 is 2.81 bits per heavy atom. The zero-order valence-corrected chi connectivity index (χ0v) is 12.0. The highest BCUT2D eigenvalue weighted by Gasteiger charge is 2.07. The van der Waals surface area contributed by atoms with E-state index >= 15 is 0 Å². The fourth-order valence-electron chi connectivity index (χ4n) is 2.14. The van der Waals surface area contributed by atoms with Gasteiger partial charge in [-0.15, -0.1) is 0 Å². The van der Waals surface area contributed by atoms with Gasteiger partial charge < -0.3 is 15.0 Å². The van der Waals surface area contributed by atoms with Gasteiger partial charge in [-0.2, -0.15) is 0 Å². The average molecular weight is 300 g/mol. The van der Waals surface area contributed by atoms with Crippen molar-refractivity contribution < 1.29 is 5.11 Å². The molecule has 106 valence electrons. The lowest BCUT2D eigenvalue weighted by atomic mass is 10.2. The number of halogens is 1. The third kappa shape index (κ3) is 2.85. The smallest absolute Gasteiger partial charge is 0.139 e. The molecular weight excluding hydrogens is 286 g/mol. The molecule has 0 saturated carbocycles. The van der Waals surface area contributed by atoms with Crippen LogP contribution in [0.4, 0.5) is 5.69 Å². The van der Waals surface area contributed by atoms with Gasteiger partial charge in [0.1, 0.15) is 5.75 Å². The summed E-state index contributed by atoms with van der Waals surface area (Å²) in [4.78, 5) is 4.06. The summed E-state index contributed by atoms with van der Waals surface area (Å²) in [5.41, 5.74) is 2.70. The molecule has 0 aliphatic carbocycles. The van der Waals surface area contributed by atoms with Gasteiger partial charge in [0.2, 0.25) is 0 Å². The molecule has 21 heavy (non-hydrogen) atoms. The molecule has 2 aromatic carbocycles. The number of phenolic OH excluding ortho intramolecular Hbond substituents is 1. The summed E-state index contributed by atoms with van der Waals surface area (Å²) in [6, 6.07) is 13.2. The van der Waals surface area contributed by atoms with Crippen LogP contribution in [-0.4, -0.2) is 14.7 Å². The highest BCUT2D eigenvalue weighted by molar-refractivity contribution is 6.32. The van der Waals surface area contributed by atoms with Crippen molar-refractivity contribution in [2.24, 2.45) is 0 Å². The Hall–Kier alpha value is -2.46. The van der Waals surface area contributed by atoms with Gasteiger partial charge in [0.25, 0.3) is 0 Å². The van der Waals surface area contributed by atoms with Gasteiger partial charge in [0.05, 0.1) is 22.7 Å². The van der Waals surface area contributed by atoms with Crippen LogP contribution in [-0.2, 0) is 6.54 Å². The lowest BCUT2D eigenvalue weighted by Gasteiger charge is -2.13. The molecule has 0 atom stereocenters. The maximum atomic E-state index is 9.94. The highest BCUT2D eigenvalue weighted by Crippen LogP contribution is 2.28. The number of phenols is 1. The number of rotatable bonds is 4. The summed E-state index contributed by atoms with van der Waals surface area (Å²) in [6.07, 6.45) is 5.37. The summed E-state index contributed by atoms with van der Waals surface area (Å²) >= 11 is 5.92. The number of nitrogens with one attached hydrogen (secondary N) is 1. The summed E-state index contributed by atoms with van der Waals surface area (Å²) < 4.78 is 1.93. The first-order chi connectivity index (χ1) is 10.3. The minimum Gasteiger partial charge on any atom is -0.506 e. The van der Waals surface area contributed by atoms with Crippen molar-refractivity contribution in [1.82, 2.24) is 9.55 Å². The predicted octanol–water partition coefficient (Wildman–Crippen LogP) is 3.84. The van der Waals surface area contributed by atoms with Crippen LogP contribution in [0.3, 0.4) is 0 Å². The first-order valence-corrected chi connectivity index (χ1v) is 6.91. The van der Waals surface area contributed by atoms with E-state index in [1.807, 2.05) is 47.2 Å². The monoisotopic (exact) mass is 299 g/mol. The second-order valence-electron chi connectivity index (χ2n) is 4.59. The van der Waals surface area contributed by atoms with Crippen molar-refractivity contribution >= 4 is 17.3 Å². The normalized spacial score (nSPS) is 10.5. The van der Waals surface area contributed by atoms with Crippen molar-refractivity contribution in [2.75, 3.05) is 5.32 Å².